The van der Waals surface area contributed by atoms with E-state index in [1.807, 2.05) is 61.5 Å². The highest BCUT2D eigenvalue weighted by Crippen LogP contribution is 2.21. The molecule has 0 fully saturated rings. The summed E-state index contributed by atoms with van der Waals surface area (Å²) in [5.41, 5.74) is 3.59. The maximum Gasteiger partial charge on any atom is 0.256 e. The van der Waals surface area contributed by atoms with Gasteiger partial charge in [0.2, 0.25) is 0 Å². The SMILES string of the molecule is CCNC(=O)c1ccccc1C(=O)Nc1ccc(-c2ccccc2)cc1. The monoisotopic (exact) mass is 344 g/mol. The van der Waals surface area contributed by atoms with Gasteiger partial charge in [0.25, 0.3) is 11.8 Å². The van der Waals surface area contributed by atoms with Crippen LogP contribution in [0.1, 0.15) is 27.6 Å². The van der Waals surface area contributed by atoms with Crippen molar-refractivity contribution in [1.82, 2.24) is 5.32 Å². The van der Waals surface area contributed by atoms with Gasteiger partial charge in [0.05, 0.1) is 11.1 Å². The zero-order chi connectivity index (χ0) is 18.4. The Balaban J connectivity index is 1.78. The van der Waals surface area contributed by atoms with Crippen molar-refractivity contribution in [2.45, 2.75) is 6.92 Å². The van der Waals surface area contributed by atoms with E-state index in [1.165, 1.54) is 0 Å². The highest BCUT2D eigenvalue weighted by atomic mass is 16.2. The molecule has 0 aliphatic rings. The second-order valence-corrected chi connectivity index (χ2v) is 5.80. The number of amides is 2. The van der Waals surface area contributed by atoms with Gasteiger partial charge in [-0.3, -0.25) is 9.59 Å². The van der Waals surface area contributed by atoms with Crippen LogP contribution in [0.3, 0.4) is 0 Å². The third-order valence-electron chi connectivity index (χ3n) is 4.00. The van der Waals surface area contributed by atoms with E-state index in [9.17, 15) is 9.59 Å². The number of hydrogen-bond donors (Lipinski definition) is 2. The van der Waals surface area contributed by atoms with Crippen molar-refractivity contribution in [3.63, 3.8) is 0 Å². The first-order valence-electron chi connectivity index (χ1n) is 8.53. The highest BCUT2D eigenvalue weighted by molar-refractivity contribution is 6.12. The number of hydrogen-bond acceptors (Lipinski definition) is 2. The van der Waals surface area contributed by atoms with Gasteiger partial charge in [-0.25, -0.2) is 0 Å². The third-order valence-corrected chi connectivity index (χ3v) is 4.00. The van der Waals surface area contributed by atoms with Crippen LogP contribution in [-0.2, 0) is 0 Å². The normalized spacial score (nSPS) is 10.2. The van der Waals surface area contributed by atoms with Gasteiger partial charge in [-0.05, 0) is 42.3 Å². The Morgan fingerprint density at radius 3 is 1.85 bits per heavy atom. The number of carbonyl (C=O) groups excluding carboxylic acids is 2. The Kier molecular flexibility index (Phi) is 5.44. The van der Waals surface area contributed by atoms with Crippen molar-refractivity contribution in [2.75, 3.05) is 11.9 Å². The summed E-state index contributed by atoms with van der Waals surface area (Å²) in [5.74, 6) is -0.558. The number of anilines is 1. The minimum Gasteiger partial charge on any atom is -0.352 e. The van der Waals surface area contributed by atoms with Crippen molar-refractivity contribution < 1.29 is 9.59 Å². The lowest BCUT2D eigenvalue weighted by atomic mass is 10.0. The smallest absolute Gasteiger partial charge is 0.256 e. The third kappa shape index (κ3) is 3.98. The summed E-state index contributed by atoms with van der Waals surface area (Å²) < 4.78 is 0. The molecule has 0 saturated carbocycles. The molecule has 0 radical (unpaired) electrons. The number of rotatable bonds is 5. The van der Waals surface area contributed by atoms with Crippen molar-refractivity contribution in [1.29, 1.82) is 0 Å². The molecule has 3 aromatic carbocycles. The molecule has 26 heavy (non-hydrogen) atoms. The predicted octanol–water partition coefficient (Wildman–Crippen LogP) is 4.36. The topological polar surface area (TPSA) is 58.2 Å². The summed E-state index contributed by atoms with van der Waals surface area (Å²) in [6, 6.07) is 24.5. The molecule has 3 rings (SSSR count). The van der Waals surface area contributed by atoms with E-state index in [4.69, 9.17) is 0 Å². The number of nitrogens with one attached hydrogen (secondary N) is 2. The van der Waals surface area contributed by atoms with Crippen molar-refractivity contribution >= 4 is 17.5 Å². The molecular weight excluding hydrogens is 324 g/mol. The summed E-state index contributed by atoms with van der Waals surface area (Å²) >= 11 is 0. The zero-order valence-corrected chi connectivity index (χ0v) is 14.5. The van der Waals surface area contributed by atoms with E-state index in [0.717, 1.165) is 11.1 Å². The minimum atomic E-state index is -0.306. The van der Waals surface area contributed by atoms with Crippen LogP contribution in [0.4, 0.5) is 5.69 Å². The fourth-order valence-corrected chi connectivity index (χ4v) is 2.71. The molecule has 0 aliphatic heterocycles. The average molecular weight is 344 g/mol. The van der Waals surface area contributed by atoms with Gasteiger partial charge in [-0.15, -0.1) is 0 Å². The molecule has 3 aromatic rings. The van der Waals surface area contributed by atoms with Gasteiger partial charge < -0.3 is 10.6 Å². The Bertz CT molecular complexity index is 903. The van der Waals surface area contributed by atoms with Crippen molar-refractivity contribution in [2.24, 2.45) is 0 Å². The first-order valence-corrected chi connectivity index (χ1v) is 8.53. The van der Waals surface area contributed by atoms with E-state index in [2.05, 4.69) is 10.6 Å². The van der Waals surface area contributed by atoms with E-state index >= 15 is 0 Å². The van der Waals surface area contributed by atoms with Crippen LogP contribution < -0.4 is 10.6 Å². The molecule has 0 saturated heterocycles. The molecule has 0 unspecified atom stereocenters. The molecule has 0 bridgehead atoms. The standard InChI is InChI=1S/C22H20N2O2/c1-2-23-21(25)19-10-6-7-11-20(19)22(26)24-18-14-12-17(13-15-18)16-8-4-3-5-9-16/h3-15H,2H2,1H3,(H,23,25)(H,24,26). The number of carbonyl (C=O) groups is 2. The van der Waals surface area contributed by atoms with Crippen molar-refractivity contribution in [3.05, 3.63) is 90.0 Å². The maximum atomic E-state index is 12.6. The molecule has 0 aromatic heterocycles. The van der Waals surface area contributed by atoms with Crippen LogP contribution in [0.2, 0.25) is 0 Å². The van der Waals surface area contributed by atoms with Gasteiger partial charge in [0.15, 0.2) is 0 Å². The first-order chi connectivity index (χ1) is 12.7. The highest BCUT2D eigenvalue weighted by Gasteiger charge is 2.16. The minimum absolute atomic E-state index is 0.252. The number of benzene rings is 3. The Labute approximate surface area is 152 Å². The molecule has 0 aliphatic carbocycles. The summed E-state index contributed by atoms with van der Waals surface area (Å²) in [7, 11) is 0. The van der Waals surface area contributed by atoms with Crippen LogP contribution >= 0.6 is 0 Å². The molecule has 0 heterocycles. The summed E-state index contributed by atoms with van der Waals surface area (Å²) in [4.78, 5) is 24.7. The second kappa shape index (κ2) is 8.12. The fraction of sp³-hybridized carbons (Fsp3) is 0.0909. The average Bonchev–Trinajstić information content (AvgIpc) is 2.69. The molecule has 4 nitrogen and oxygen atoms in total. The molecule has 0 spiro atoms. The summed E-state index contributed by atoms with van der Waals surface area (Å²) in [5, 5.41) is 5.58. The Morgan fingerprint density at radius 1 is 0.692 bits per heavy atom. The zero-order valence-electron chi connectivity index (χ0n) is 14.5. The summed E-state index contributed by atoms with van der Waals surface area (Å²) in [6.45, 7) is 2.35. The van der Waals surface area contributed by atoms with Crippen LogP contribution in [0.15, 0.2) is 78.9 Å². The first kappa shape index (κ1) is 17.4. The molecule has 4 heteroatoms. The molecule has 130 valence electrons. The summed E-state index contributed by atoms with van der Waals surface area (Å²) in [6.07, 6.45) is 0. The van der Waals surface area contributed by atoms with Crippen LogP contribution in [0.5, 0.6) is 0 Å². The quantitative estimate of drug-likeness (QED) is 0.723. The van der Waals surface area contributed by atoms with E-state index in [1.54, 1.807) is 24.3 Å². The fourth-order valence-electron chi connectivity index (χ4n) is 2.71. The molecular formula is C22H20N2O2. The van der Waals surface area contributed by atoms with Gasteiger partial charge in [-0.2, -0.15) is 0 Å². The lowest BCUT2D eigenvalue weighted by Crippen LogP contribution is -2.26. The van der Waals surface area contributed by atoms with E-state index in [-0.39, 0.29) is 11.8 Å². The van der Waals surface area contributed by atoms with Gasteiger partial charge in [0, 0.05) is 12.2 Å². The van der Waals surface area contributed by atoms with Gasteiger partial charge >= 0.3 is 0 Å². The van der Waals surface area contributed by atoms with Crippen LogP contribution in [0.25, 0.3) is 11.1 Å². The van der Waals surface area contributed by atoms with Crippen LogP contribution in [0, 0.1) is 0 Å². The van der Waals surface area contributed by atoms with Crippen molar-refractivity contribution in [3.8, 4) is 11.1 Å². The maximum absolute atomic E-state index is 12.6. The lowest BCUT2D eigenvalue weighted by molar-refractivity contribution is 0.0942. The van der Waals surface area contributed by atoms with Crippen LogP contribution in [-0.4, -0.2) is 18.4 Å². The largest absolute Gasteiger partial charge is 0.352 e. The molecule has 2 N–H and O–H groups in total. The van der Waals surface area contributed by atoms with Gasteiger partial charge in [-0.1, -0.05) is 54.6 Å². The molecule has 2 amide bonds. The predicted molar refractivity (Wildman–Crippen MR) is 104 cm³/mol. The van der Waals surface area contributed by atoms with E-state index < -0.39 is 0 Å². The van der Waals surface area contributed by atoms with E-state index in [0.29, 0.717) is 23.4 Å². The Morgan fingerprint density at radius 2 is 1.23 bits per heavy atom. The van der Waals surface area contributed by atoms with Gasteiger partial charge in [0.1, 0.15) is 0 Å². The lowest BCUT2D eigenvalue weighted by Gasteiger charge is -2.10. The Hall–Kier alpha value is -3.40. The second-order valence-electron chi connectivity index (χ2n) is 5.80. The molecule has 0 atom stereocenters.